The Labute approximate surface area is 131 Å². The molecule has 22 heavy (non-hydrogen) atoms. The molecule has 1 heterocycles. The molecule has 116 valence electrons. The fourth-order valence-electron chi connectivity index (χ4n) is 2.00. The van der Waals surface area contributed by atoms with Crippen LogP contribution in [0, 0.1) is 6.92 Å². The van der Waals surface area contributed by atoms with Gasteiger partial charge in [-0.3, -0.25) is 4.79 Å². The fraction of sp³-hybridized carbons (Fsp3) is 0.353. The Morgan fingerprint density at radius 2 is 1.82 bits per heavy atom. The topological polar surface area (TPSA) is 66.9 Å². The lowest BCUT2D eigenvalue weighted by molar-refractivity contribution is -0.115. The molecule has 0 spiro atoms. The summed E-state index contributed by atoms with van der Waals surface area (Å²) in [6.45, 7) is 6.18. The first-order valence-corrected chi connectivity index (χ1v) is 7.53. The molecule has 2 rings (SSSR count). The first-order chi connectivity index (χ1) is 10.6. The zero-order valence-corrected chi connectivity index (χ0v) is 13.3. The van der Waals surface area contributed by atoms with Gasteiger partial charge in [-0.2, -0.15) is 0 Å². The Balaban J connectivity index is 1.93. The van der Waals surface area contributed by atoms with E-state index in [-0.39, 0.29) is 5.91 Å². The van der Waals surface area contributed by atoms with Crippen LogP contribution in [0.1, 0.15) is 31.4 Å². The zero-order chi connectivity index (χ0) is 15.9. The largest absolute Gasteiger partial charge is 0.366 e. The van der Waals surface area contributed by atoms with Crippen molar-refractivity contribution in [2.75, 3.05) is 10.6 Å². The molecule has 0 aliphatic heterocycles. The van der Waals surface area contributed by atoms with Crippen molar-refractivity contribution in [3.05, 3.63) is 47.5 Å². The van der Waals surface area contributed by atoms with E-state index < -0.39 is 0 Å². The molecule has 1 amide bonds. The number of aryl methyl sites for hydroxylation is 1. The Morgan fingerprint density at radius 3 is 2.45 bits per heavy atom. The molecule has 0 saturated carbocycles. The molecule has 0 radical (unpaired) electrons. The quantitative estimate of drug-likeness (QED) is 0.859. The van der Waals surface area contributed by atoms with Crippen LogP contribution in [-0.2, 0) is 11.2 Å². The predicted octanol–water partition coefficient (Wildman–Crippen LogP) is 3.18. The SMILES string of the molecule is CCC(C)Nc1ccc(NC(=O)Cc2ccccc2C)nn1. The highest BCUT2D eigenvalue weighted by Gasteiger charge is 2.07. The van der Waals surface area contributed by atoms with Gasteiger partial charge in [0.25, 0.3) is 0 Å². The van der Waals surface area contributed by atoms with E-state index in [1.54, 1.807) is 6.07 Å². The van der Waals surface area contributed by atoms with Gasteiger partial charge in [-0.1, -0.05) is 31.2 Å². The lowest BCUT2D eigenvalue weighted by atomic mass is 10.1. The molecular formula is C17H22N4O. The number of anilines is 2. The van der Waals surface area contributed by atoms with Crippen LogP contribution in [0.2, 0.25) is 0 Å². The number of nitrogens with one attached hydrogen (secondary N) is 2. The Hall–Kier alpha value is -2.43. The van der Waals surface area contributed by atoms with Gasteiger partial charge in [0.05, 0.1) is 6.42 Å². The van der Waals surface area contributed by atoms with Crippen molar-refractivity contribution >= 4 is 17.5 Å². The summed E-state index contributed by atoms with van der Waals surface area (Å²) in [5, 5.41) is 14.1. The molecule has 0 fully saturated rings. The van der Waals surface area contributed by atoms with E-state index in [1.807, 2.05) is 37.3 Å². The third kappa shape index (κ3) is 4.55. The van der Waals surface area contributed by atoms with Crippen LogP contribution >= 0.6 is 0 Å². The van der Waals surface area contributed by atoms with Crippen molar-refractivity contribution in [3.8, 4) is 0 Å². The van der Waals surface area contributed by atoms with Gasteiger partial charge in [0, 0.05) is 6.04 Å². The van der Waals surface area contributed by atoms with Crippen LogP contribution in [-0.4, -0.2) is 22.1 Å². The number of nitrogens with zero attached hydrogens (tertiary/aromatic N) is 2. The number of carbonyl (C=O) groups is 1. The van der Waals surface area contributed by atoms with E-state index in [0.29, 0.717) is 24.1 Å². The Bertz CT molecular complexity index is 625. The van der Waals surface area contributed by atoms with Crippen molar-refractivity contribution in [3.63, 3.8) is 0 Å². The number of aromatic nitrogens is 2. The second-order valence-corrected chi connectivity index (χ2v) is 5.41. The summed E-state index contributed by atoms with van der Waals surface area (Å²) in [4.78, 5) is 12.0. The molecule has 5 nitrogen and oxygen atoms in total. The van der Waals surface area contributed by atoms with Gasteiger partial charge >= 0.3 is 0 Å². The molecule has 5 heteroatoms. The number of hydrogen-bond acceptors (Lipinski definition) is 4. The third-order valence-electron chi connectivity index (χ3n) is 3.55. The second kappa shape index (κ2) is 7.54. The van der Waals surface area contributed by atoms with Crippen LogP contribution in [0.5, 0.6) is 0 Å². The Kier molecular flexibility index (Phi) is 5.47. The molecule has 0 aliphatic rings. The summed E-state index contributed by atoms with van der Waals surface area (Å²) in [5.41, 5.74) is 2.12. The van der Waals surface area contributed by atoms with Crippen LogP contribution in [0.25, 0.3) is 0 Å². The zero-order valence-electron chi connectivity index (χ0n) is 13.3. The van der Waals surface area contributed by atoms with Gasteiger partial charge in [0.15, 0.2) is 5.82 Å². The highest BCUT2D eigenvalue weighted by molar-refractivity contribution is 5.91. The van der Waals surface area contributed by atoms with Gasteiger partial charge < -0.3 is 10.6 Å². The minimum atomic E-state index is -0.0914. The summed E-state index contributed by atoms with van der Waals surface area (Å²) in [5.74, 6) is 1.09. The van der Waals surface area contributed by atoms with Gasteiger partial charge in [-0.25, -0.2) is 0 Å². The van der Waals surface area contributed by atoms with E-state index in [0.717, 1.165) is 17.5 Å². The molecule has 1 unspecified atom stereocenters. The summed E-state index contributed by atoms with van der Waals surface area (Å²) in [6.07, 6.45) is 1.35. The van der Waals surface area contributed by atoms with E-state index >= 15 is 0 Å². The molecule has 2 aromatic rings. The monoisotopic (exact) mass is 298 g/mol. The number of carbonyl (C=O) groups excluding carboxylic acids is 1. The van der Waals surface area contributed by atoms with Crippen molar-refractivity contribution < 1.29 is 4.79 Å². The van der Waals surface area contributed by atoms with E-state index in [4.69, 9.17) is 0 Å². The van der Waals surface area contributed by atoms with Gasteiger partial charge in [0.2, 0.25) is 5.91 Å². The smallest absolute Gasteiger partial charge is 0.230 e. The van der Waals surface area contributed by atoms with E-state index in [1.165, 1.54) is 0 Å². The highest BCUT2D eigenvalue weighted by Crippen LogP contribution is 2.11. The first kappa shape index (κ1) is 15.9. The molecule has 1 aromatic carbocycles. The lowest BCUT2D eigenvalue weighted by Gasteiger charge is -2.11. The molecule has 1 aromatic heterocycles. The highest BCUT2D eigenvalue weighted by atomic mass is 16.1. The minimum Gasteiger partial charge on any atom is -0.366 e. The fourth-order valence-corrected chi connectivity index (χ4v) is 2.00. The van der Waals surface area contributed by atoms with Gasteiger partial charge in [-0.05, 0) is 43.5 Å². The third-order valence-corrected chi connectivity index (χ3v) is 3.55. The van der Waals surface area contributed by atoms with Crippen molar-refractivity contribution in [1.29, 1.82) is 0 Å². The van der Waals surface area contributed by atoms with E-state index in [9.17, 15) is 4.79 Å². The predicted molar refractivity (Wildman–Crippen MR) is 88.9 cm³/mol. The first-order valence-electron chi connectivity index (χ1n) is 7.53. The van der Waals surface area contributed by atoms with Crippen molar-refractivity contribution in [2.24, 2.45) is 0 Å². The van der Waals surface area contributed by atoms with Crippen LogP contribution in [0.15, 0.2) is 36.4 Å². The molecular weight excluding hydrogens is 276 g/mol. The van der Waals surface area contributed by atoms with Crippen LogP contribution < -0.4 is 10.6 Å². The molecule has 0 bridgehead atoms. The number of rotatable bonds is 6. The maximum absolute atomic E-state index is 12.0. The number of amides is 1. The van der Waals surface area contributed by atoms with Crippen LogP contribution in [0.3, 0.4) is 0 Å². The average molecular weight is 298 g/mol. The summed E-state index contributed by atoms with van der Waals surface area (Å²) >= 11 is 0. The van der Waals surface area contributed by atoms with Crippen molar-refractivity contribution in [2.45, 2.75) is 39.7 Å². The van der Waals surface area contributed by atoms with Crippen molar-refractivity contribution in [1.82, 2.24) is 10.2 Å². The average Bonchev–Trinajstić information content (AvgIpc) is 2.51. The molecule has 1 atom stereocenters. The Morgan fingerprint density at radius 1 is 1.14 bits per heavy atom. The van der Waals surface area contributed by atoms with Gasteiger partial charge in [-0.15, -0.1) is 10.2 Å². The maximum atomic E-state index is 12.0. The number of hydrogen-bond donors (Lipinski definition) is 2. The summed E-state index contributed by atoms with van der Waals surface area (Å²) in [6, 6.07) is 11.8. The molecule has 0 saturated heterocycles. The number of benzene rings is 1. The van der Waals surface area contributed by atoms with E-state index in [2.05, 4.69) is 34.7 Å². The summed E-state index contributed by atoms with van der Waals surface area (Å²) in [7, 11) is 0. The standard InChI is InChI=1S/C17H22N4O/c1-4-13(3)18-15-9-10-16(21-20-15)19-17(22)11-14-8-6-5-7-12(14)2/h5-10,13H,4,11H2,1-3H3,(H,18,20)(H,19,21,22). The normalized spacial score (nSPS) is 11.8. The summed E-state index contributed by atoms with van der Waals surface area (Å²) < 4.78 is 0. The minimum absolute atomic E-state index is 0.0914. The molecule has 2 N–H and O–H groups in total. The van der Waals surface area contributed by atoms with Gasteiger partial charge in [0.1, 0.15) is 5.82 Å². The second-order valence-electron chi connectivity index (χ2n) is 5.41. The molecule has 0 aliphatic carbocycles. The maximum Gasteiger partial charge on any atom is 0.230 e. The van der Waals surface area contributed by atoms with Crippen LogP contribution in [0.4, 0.5) is 11.6 Å². The lowest BCUT2D eigenvalue weighted by Crippen LogP contribution is -2.17.